The quantitative estimate of drug-likeness (QED) is 0.866. The number of amides is 2. The number of carboxylic acid groups (broad SMARTS) is 1. The molecular weight excluding hydrogens is 260 g/mol. The van der Waals surface area contributed by atoms with E-state index >= 15 is 0 Å². The van der Waals surface area contributed by atoms with Crippen LogP contribution in [0.15, 0.2) is 22.8 Å². The molecule has 6 heteroatoms. The van der Waals surface area contributed by atoms with Crippen LogP contribution in [0.25, 0.3) is 0 Å². The first kappa shape index (κ1) is 14.4. The summed E-state index contributed by atoms with van der Waals surface area (Å²) in [5.74, 6) is -0.287. The van der Waals surface area contributed by atoms with Crippen LogP contribution < -0.4 is 0 Å². The van der Waals surface area contributed by atoms with Gasteiger partial charge in [-0.2, -0.15) is 0 Å². The summed E-state index contributed by atoms with van der Waals surface area (Å²) in [6, 6.07) is 3.41. The van der Waals surface area contributed by atoms with Gasteiger partial charge in [-0.1, -0.05) is 0 Å². The maximum Gasteiger partial charge on any atom is 0.323 e. The number of nitrogens with zero attached hydrogens (tertiary/aromatic N) is 2. The Morgan fingerprint density at radius 1 is 1.45 bits per heavy atom. The summed E-state index contributed by atoms with van der Waals surface area (Å²) >= 11 is 0. The van der Waals surface area contributed by atoms with Crippen molar-refractivity contribution in [3.63, 3.8) is 0 Å². The molecule has 0 spiro atoms. The van der Waals surface area contributed by atoms with E-state index in [0.29, 0.717) is 12.3 Å². The van der Waals surface area contributed by atoms with Crippen molar-refractivity contribution >= 4 is 12.0 Å². The van der Waals surface area contributed by atoms with Crippen molar-refractivity contribution in [3.8, 4) is 0 Å². The largest absolute Gasteiger partial charge is 0.480 e. The highest BCUT2D eigenvalue weighted by Crippen LogP contribution is 2.29. The molecule has 1 aromatic rings. The number of urea groups is 1. The molecule has 20 heavy (non-hydrogen) atoms. The Morgan fingerprint density at radius 2 is 2.15 bits per heavy atom. The van der Waals surface area contributed by atoms with Gasteiger partial charge in [0.25, 0.3) is 0 Å². The molecule has 0 unspecified atom stereocenters. The van der Waals surface area contributed by atoms with Crippen molar-refractivity contribution in [2.75, 3.05) is 6.54 Å². The maximum atomic E-state index is 12.6. The third-order valence-electron chi connectivity index (χ3n) is 3.31. The number of aliphatic carboxylic acids is 1. The summed E-state index contributed by atoms with van der Waals surface area (Å²) in [5, 5.41) is 8.94. The van der Waals surface area contributed by atoms with Gasteiger partial charge in [-0.15, -0.1) is 0 Å². The van der Waals surface area contributed by atoms with E-state index < -0.39 is 5.97 Å². The molecule has 1 N–H and O–H groups in total. The zero-order valence-corrected chi connectivity index (χ0v) is 11.8. The van der Waals surface area contributed by atoms with Gasteiger partial charge in [0.15, 0.2) is 0 Å². The summed E-state index contributed by atoms with van der Waals surface area (Å²) in [5.41, 5.74) is 0. The van der Waals surface area contributed by atoms with Gasteiger partial charge in [0.1, 0.15) is 12.3 Å². The van der Waals surface area contributed by atoms with Crippen LogP contribution in [0, 0.1) is 0 Å². The lowest BCUT2D eigenvalue weighted by Crippen LogP contribution is -2.49. The van der Waals surface area contributed by atoms with Gasteiger partial charge in [-0.25, -0.2) is 4.79 Å². The van der Waals surface area contributed by atoms with E-state index in [9.17, 15) is 9.59 Å². The molecule has 0 atom stereocenters. The molecule has 0 saturated heterocycles. The smallest absolute Gasteiger partial charge is 0.323 e. The van der Waals surface area contributed by atoms with Crippen molar-refractivity contribution in [2.24, 2.45) is 0 Å². The molecule has 0 aliphatic heterocycles. The second kappa shape index (κ2) is 5.98. The van der Waals surface area contributed by atoms with Crippen molar-refractivity contribution in [2.45, 2.75) is 45.3 Å². The molecule has 1 saturated carbocycles. The standard InChI is InChI=1S/C14H20N2O4/c1-10(2)15(9-13(17)18)14(19)16(11-5-6-11)8-12-4-3-7-20-12/h3-4,7,10-11H,5-6,8-9H2,1-2H3,(H,17,18). The van der Waals surface area contributed by atoms with Crippen LogP contribution in [0.2, 0.25) is 0 Å². The minimum Gasteiger partial charge on any atom is -0.480 e. The van der Waals surface area contributed by atoms with Crippen LogP contribution in [0.1, 0.15) is 32.4 Å². The average molecular weight is 280 g/mol. The lowest BCUT2D eigenvalue weighted by Gasteiger charge is -2.32. The zero-order valence-electron chi connectivity index (χ0n) is 11.8. The van der Waals surface area contributed by atoms with E-state index in [-0.39, 0.29) is 24.7 Å². The van der Waals surface area contributed by atoms with E-state index in [0.717, 1.165) is 12.8 Å². The first-order valence-electron chi connectivity index (χ1n) is 6.80. The number of rotatable bonds is 6. The van der Waals surface area contributed by atoms with Crippen molar-refractivity contribution < 1.29 is 19.1 Å². The summed E-state index contributed by atoms with van der Waals surface area (Å²) < 4.78 is 5.28. The average Bonchev–Trinajstić information content (AvgIpc) is 3.09. The molecular formula is C14H20N2O4. The summed E-state index contributed by atoms with van der Waals surface area (Å²) in [4.78, 5) is 26.6. The minimum atomic E-state index is -0.999. The van der Waals surface area contributed by atoms with E-state index in [1.807, 2.05) is 19.9 Å². The van der Waals surface area contributed by atoms with Gasteiger partial charge in [-0.05, 0) is 38.8 Å². The third-order valence-corrected chi connectivity index (χ3v) is 3.31. The van der Waals surface area contributed by atoms with Crippen molar-refractivity contribution in [1.82, 2.24) is 9.80 Å². The van der Waals surface area contributed by atoms with Gasteiger partial charge in [-0.3, -0.25) is 4.79 Å². The van der Waals surface area contributed by atoms with Crippen LogP contribution in [-0.2, 0) is 11.3 Å². The molecule has 1 aliphatic carbocycles. The lowest BCUT2D eigenvalue weighted by atomic mass is 10.3. The molecule has 0 bridgehead atoms. The summed E-state index contributed by atoms with van der Waals surface area (Å²) in [7, 11) is 0. The number of furan rings is 1. The predicted molar refractivity (Wildman–Crippen MR) is 72.1 cm³/mol. The third kappa shape index (κ3) is 3.53. The molecule has 2 amide bonds. The highest BCUT2D eigenvalue weighted by molar-refractivity contribution is 5.80. The monoisotopic (exact) mass is 280 g/mol. The van der Waals surface area contributed by atoms with Gasteiger partial charge in [0, 0.05) is 12.1 Å². The molecule has 1 fully saturated rings. The number of hydrogen-bond donors (Lipinski definition) is 1. The van der Waals surface area contributed by atoms with Crippen LogP contribution in [0.5, 0.6) is 0 Å². The fourth-order valence-electron chi connectivity index (χ4n) is 2.09. The Bertz CT molecular complexity index is 466. The molecule has 1 aliphatic rings. The molecule has 110 valence electrons. The summed E-state index contributed by atoms with van der Waals surface area (Å²) in [6.07, 6.45) is 3.50. The Labute approximate surface area is 118 Å². The lowest BCUT2D eigenvalue weighted by molar-refractivity contribution is -0.138. The number of carbonyl (C=O) groups excluding carboxylic acids is 1. The van der Waals surface area contributed by atoms with Gasteiger partial charge in [0.2, 0.25) is 0 Å². The van der Waals surface area contributed by atoms with Crippen LogP contribution >= 0.6 is 0 Å². The number of carbonyl (C=O) groups is 2. The normalized spacial score (nSPS) is 14.3. The Kier molecular flexibility index (Phi) is 4.32. The molecule has 0 radical (unpaired) electrons. The van der Waals surface area contributed by atoms with Gasteiger partial charge in [0.05, 0.1) is 12.8 Å². The molecule has 0 aromatic carbocycles. The number of hydrogen-bond acceptors (Lipinski definition) is 3. The van der Waals surface area contributed by atoms with E-state index in [4.69, 9.17) is 9.52 Å². The van der Waals surface area contributed by atoms with E-state index in [2.05, 4.69) is 0 Å². The first-order valence-corrected chi connectivity index (χ1v) is 6.80. The first-order chi connectivity index (χ1) is 9.49. The fraction of sp³-hybridized carbons (Fsp3) is 0.571. The SMILES string of the molecule is CC(C)N(CC(=O)O)C(=O)N(Cc1ccco1)C1CC1. The highest BCUT2D eigenvalue weighted by Gasteiger charge is 2.36. The maximum absolute atomic E-state index is 12.6. The summed E-state index contributed by atoms with van der Waals surface area (Å²) in [6.45, 7) is 3.74. The van der Waals surface area contributed by atoms with E-state index in [1.165, 1.54) is 4.90 Å². The second-order valence-electron chi connectivity index (χ2n) is 5.34. The van der Waals surface area contributed by atoms with Crippen molar-refractivity contribution in [3.05, 3.63) is 24.2 Å². The van der Waals surface area contributed by atoms with Crippen LogP contribution in [0.3, 0.4) is 0 Å². The van der Waals surface area contributed by atoms with Crippen molar-refractivity contribution in [1.29, 1.82) is 0 Å². The Balaban J connectivity index is 2.10. The molecule has 1 heterocycles. The topological polar surface area (TPSA) is 74.0 Å². The Hall–Kier alpha value is -1.98. The number of carboxylic acids is 1. The Morgan fingerprint density at radius 3 is 2.60 bits per heavy atom. The molecule has 6 nitrogen and oxygen atoms in total. The fourth-order valence-corrected chi connectivity index (χ4v) is 2.09. The zero-order chi connectivity index (χ0) is 14.7. The predicted octanol–water partition coefficient (Wildman–Crippen LogP) is 2.16. The van der Waals surface area contributed by atoms with Gasteiger partial charge < -0.3 is 19.3 Å². The molecule has 1 aromatic heterocycles. The highest BCUT2D eigenvalue weighted by atomic mass is 16.4. The van der Waals surface area contributed by atoms with Gasteiger partial charge >= 0.3 is 12.0 Å². The second-order valence-corrected chi connectivity index (χ2v) is 5.34. The van der Waals surface area contributed by atoms with Crippen LogP contribution in [0.4, 0.5) is 4.79 Å². The van der Waals surface area contributed by atoms with Crippen LogP contribution in [-0.4, -0.2) is 45.5 Å². The van der Waals surface area contributed by atoms with E-state index in [1.54, 1.807) is 17.2 Å². The molecule has 2 rings (SSSR count). The minimum absolute atomic E-state index is 0.156.